The number of hydrogen-bond acceptors (Lipinski definition) is 2. The van der Waals surface area contributed by atoms with Gasteiger partial charge in [0.2, 0.25) is 0 Å². The third-order valence-corrected chi connectivity index (χ3v) is 3.15. The summed E-state index contributed by atoms with van der Waals surface area (Å²) in [6.07, 6.45) is 0. The quantitative estimate of drug-likeness (QED) is 0.645. The fourth-order valence-electron chi connectivity index (χ4n) is 1.81. The van der Waals surface area contributed by atoms with Gasteiger partial charge >= 0.3 is 11.8 Å². The summed E-state index contributed by atoms with van der Waals surface area (Å²) in [4.78, 5) is 24.4. The van der Waals surface area contributed by atoms with E-state index < -0.39 is 23.4 Å². The van der Waals surface area contributed by atoms with Crippen LogP contribution in [0.25, 0.3) is 0 Å². The Labute approximate surface area is 122 Å². The molecule has 0 aromatic heterocycles. The third-order valence-electron chi connectivity index (χ3n) is 3.15. The normalized spacial score (nSPS) is 10.5. The monoisotopic (exact) mass is 300 g/mol. The van der Waals surface area contributed by atoms with Gasteiger partial charge in [-0.1, -0.05) is 0 Å². The lowest BCUT2D eigenvalue weighted by molar-refractivity contribution is -0.895. The van der Waals surface area contributed by atoms with Crippen molar-refractivity contribution in [1.29, 1.82) is 0 Å². The number of quaternary nitrogens is 1. The molecule has 3 N–H and O–H groups in total. The number of halogens is 2. The minimum absolute atomic E-state index is 0.342. The average molecular weight is 300 g/mol. The van der Waals surface area contributed by atoms with Gasteiger partial charge in [-0.25, -0.2) is 8.78 Å². The van der Waals surface area contributed by atoms with Crippen molar-refractivity contribution in [1.82, 2.24) is 5.32 Å². The SMILES string of the molecule is CC[NH+](CC)CCNC(=O)C(=O)Nc1cc(F)ccc1F. The summed E-state index contributed by atoms with van der Waals surface area (Å²) in [5, 5.41) is 4.49. The molecule has 0 bridgehead atoms. The number of likely N-dealkylation sites (N-methyl/N-ethyl adjacent to an activating group) is 1. The van der Waals surface area contributed by atoms with Crippen LogP contribution < -0.4 is 15.5 Å². The zero-order chi connectivity index (χ0) is 15.8. The number of carbonyl (C=O) groups excluding carboxylic acids is 2. The third kappa shape index (κ3) is 5.47. The molecular formula is C14H20F2N3O2+. The maximum atomic E-state index is 13.3. The van der Waals surface area contributed by atoms with Crippen LogP contribution in [0, 0.1) is 11.6 Å². The van der Waals surface area contributed by atoms with Crippen molar-refractivity contribution < 1.29 is 23.3 Å². The topological polar surface area (TPSA) is 62.6 Å². The van der Waals surface area contributed by atoms with Gasteiger partial charge in [-0.2, -0.15) is 0 Å². The van der Waals surface area contributed by atoms with E-state index in [-0.39, 0.29) is 5.69 Å². The first-order chi connectivity index (χ1) is 9.97. The van der Waals surface area contributed by atoms with Gasteiger partial charge < -0.3 is 15.5 Å². The first-order valence-corrected chi connectivity index (χ1v) is 6.85. The molecule has 0 atom stereocenters. The zero-order valence-corrected chi connectivity index (χ0v) is 12.1. The summed E-state index contributed by atoms with van der Waals surface area (Å²) in [6, 6.07) is 2.63. The molecular weight excluding hydrogens is 280 g/mol. The minimum Gasteiger partial charge on any atom is -0.342 e. The molecule has 1 aromatic carbocycles. The Kier molecular flexibility index (Phi) is 6.74. The van der Waals surface area contributed by atoms with Crippen LogP contribution in [0.3, 0.4) is 0 Å². The molecule has 0 aliphatic carbocycles. The molecule has 0 unspecified atom stereocenters. The van der Waals surface area contributed by atoms with Gasteiger partial charge in [0.1, 0.15) is 11.6 Å². The molecule has 0 radical (unpaired) electrons. The van der Waals surface area contributed by atoms with Crippen molar-refractivity contribution in [2.75, 3.05) is 31.5 Å². The molecule has 0 aliphatic rings. The Morgan fingerprint density at radius 2 is 1.81 bits per heavy atom. The Hall–Kier alpha value is -2.02. The van der Waals surface area contributed by atoms with E-state index in [1.54, 1.807) is 0 Å². The highest BCUT2D eigenvalue weighted by atomic mass is 19.1. The molecule has 0 spiro atoms. The second-order valence-corrected chi connectivity index (χ2v) is 4.54. The van der Waals surface area contributed by atoms with Gasteiger partial charge in [-0.15, -0.1) is 0 Å². The van der Waals surface area contributed by atoms with E-state index in [2.05, 4.69) is 5.32 Å². The number of nitrogens with one attached hydrogen (secondary N) is 3. The number of amides is 2. The van der Waals surface area contributed by atoms with Crippen LogP contribution in [-0.4, -0.2) is 38.0 Å². The van der Waals surface area contributed by atoms with Crippen molar-refractivity contribution in [2.45, 2.75) is 13.8 Å². The van der Waals surface area contributed by atoms with Gasteiger partial charge in [-0.3, -0.25) is 9.59 Å². The molecule has 5 nitrogen and oxygen atoms in total. The van der Waals surface area contributed by atoms with Crippen LogP contribution in [-0.2, 0) is 9.59 Å². The van der Waals surface area contributed by atoms with Crippen LogP contribution in [0.5, 0.6) is 0 Å². The van der Waals surface area contributed by atoms with E-state index in [1.807, 2.05) is 19.2 Å². The summed E-state index contributed by atoms with van der Waals surface area (Å²) in [7, 11) is 0. The highest BCUT2D eigenvalue weighted by Gasteiger charge is 2.16. The first kappa shape index (κ1) is 17.0. The molecule has 21 heavy (non-hydrogen) atoms. The van der Waals surface area contributed by atoms with E-state index in [0.29, 0.717) is 13.1 Å². The lowest BCUT2D eigenvalue weighted by atomic mass is 10.3. The van der Waals surface area contributed by atoms with Crippen molar-refractivity contribution >= 4 is 17.5 Å². The van der Waals surface area contributed by atoms with Crippen LogP contribution in [0.15, 0.2) is 18.2 Å². The fourth-order valence-corrected chi connectivity index (χ4v) is 1.81. The maximum Gasteiger partial charge on any atom is 0.313 e. The Morgan fingerprint density at radius 1 is 1.14 bits per heavy atom. The van der Waals surface area contributed by atoms with Crippen LogP contribution in [0.2, 0.25) is 0 Å². The van der Waals surface area contributed by atoms with Crippen molar-refractivity contribution in [2.24, 2.45) is 0 Å². The fraction of sp³-hybridized carbons (Fsp3) is 0.429. The number of anilines is 1. The van der Waals surface area contributed by atoms with Gasteiger partial charge in [0, 0.05) is 6.07 Å². The number of carbonyl (C=O) groups is 2. The zero-order valence-electron chi connectivity index (χ0n) is 12.1. The van der Waals surface area contributed by atoms with Gasteiger partial charge in [0.25, 0.3) is 0 Å². The molecule has 0 heterocycles. The molecule has 7 heteroatoms. The second kappa shape index (κ2) is 8.31. The summed E-state index contributed by atoms with van der Waals surface area (Å²) < 4.78 is 26.3. The lowest BCUT2D eigenvalue weighted by Crippen LogP contribution is -3.12. The molecule has 1 aromatic rings. The molecule has 116 valence electrons. The highest BCUT2D eigenvalue weighted by Crippen LogP contribution is 2.14. The van der Waals surface area contributed by atoms with Crippen molar-refractivity contribution in [3.05, 3.63) is 29.8 Å². The maximum absolute atomic E-state index is 13.3. The molecule has 0 fully saturated rings. The van der Waals surface area contributed by atoms with Crippen molar-refractivity contribution in [3.63, 3.8) is 0 Å². The predicted molar refractivity (Wildman–Crippen MR) is 74.9 cm³/mol. The Bertz CT molecular complexity index is 505. The van der Waals surface area contributed by atoms with E-state index in [9.17, 15) is 18.4 Å². The second-order valence-electron chi connectivity index (χ2n) is 4.54. The standard InChI is InChI=1S/C14H19F2N3O2/c1-3-19(4-2)8-7-17-13(20)14(21)18-12-9-10(15)5-6-11(12)16/h5-6,9H,3-4,7-8H2,1-2H3,(H,17,20)(H,18,21)/p+1. The minimum atomic E-state index is -1.02. The smallest absolute Gasteiger partial charge is 0.313 e. The lowest BCUT2D eigenvalue weighted by Gasteiger charge is -2.15. The number of hydrogen-bond donors (Lipinski definition) is 3. The van der Waals surface area contributed by atoms with Gasteiger partial charge in [0.05, 0.1) is 31.9 Å². The van der Waals surface area contributed by atoms with Crippen LogP contribution in [0.1, 0.15) is 13.8 Å². The summed E-state index contributed by atoms with van der Waals surface area (Å²) in [6.45, 7) is 6.94. The predicted octanol–water partition coefficient (Wildman–Crippen LogP) is -0.0558. The van der Waals surface area contributed by atoms with E-state index >= 15 is 0 Å². The van der Waals surface area contributed by atoms with Crippen LogP contribution in [0.4, 0.5) is 14.5 Å². The first-order valence-electron chi connectivity index (χ1n) is 6.85. The molecule has 0 aliphatic heterocycles. The van der Waals surface area contributed by atoms with Crippen molar-refractivity contribution in [3.8, 4) is 0 Å². The van der Waals surface area contributed by atoms with Gasteiger partial charge in [0.15, 0.2) is 0 Å². The number of rotatable bonds is 6. The molecule has 0 saturated carbocycles. The molecule has 0 saturated heterocycles. The molecule has 2 amide bonds. The highest BCUT2D eigenvalue weighted by molar-refractivity contribution is 6.39. The van der Waals surface area contributed by atoms with E-state index in [0.717, 1.165) is 31.3 Å². The largest absolute Gasteiger partial charge is 0.342 e. The summed E-state index contributed by atoms with van der Waals surface area (Å²) >= 11 is 0. The Balaban J connectivity index is 2.48. The molecule has 1 rings (SSSR count). The van der Waals surface area contributed by atoms with E-state index in [1.165, 1.54) is 4.90 Å². The average Bonchev–Trinajstić information content (AvgIpc) is 2.47. The Morgan fingerprint density at radius 3 is 2.43 bits per heavy atom. The van der Waals surface area contributed by atoms with E-state index in [4.69, 9.17) is 0 Å². The number of benzene rings is 1. The van der Waals surface area contributed by atoms with Gasteiger partial charge in [-0.05, 0) is 26.0 Å². The van der Waals surface area contributed by atoms with Crippen LogP contribution >= 0.6 is 0 Å². The summed E-state index contributed by atoms with van der Waals surface area (Å²) in [5.41, 5.74) is -0.357. The summed E-state index contributed by atoms with van der Waals surface area (Å²) in [5.74, 6) is -3.39.